The molecule has 2 bridgehead atoms. The van der Waals surface area contributed by atoms with Crippen molar-refractivity contribution in [2.75, 3.05) is 11.5 Å². The normalized spacial score (nSPS) is 30.2. The monoisotopic (exact) mass is 556 g/mol. The van der Waals surface area contributed by atoms with Crippen molar-refractivity contribution in [3.8, 4) is 0 Å². The van der Waals surface area contributed by atoms with Crippen LogP contribution in [-0.2, 0) is 30.3 Å². The molecule has 0 spiro atoms. The van der Waals surface area contributed by atoms with Gasteiger partial charge in [0.2, 0.25) is 17.7 Å². The minimum atomic E-state index is -1.20. The average molecular weight is 557 g/mol. The molecule has 3 heterocycles. The van der Waals surface area contributed by atoms with Crippen LogP contribution in [0.3, 0.4) is 0 Å². The molecule has 36 heavy (non-hydrogen) atoms. The minimum absolute atomic E-state index is 0.144. The largest absolute Gasteiger partial charge is 0.457 e. The lowest BCUT2D eigenvalue weighted by molar-refractivity contribution is -0.151. The van der Waals surface area contributed by atoms with Gasteiger partial charge in [-0.1, -0.05) is 41.5 Å². The Bertz CT molecular complexity index is 942. The van der Waals surface area contributed by atoms with Crippen LogP contribution >= 0.6 is 32.9 Å². The van der Waals surface area contributed by atoms with Crippen molar-refractivity contribution in [1.82, 2.24) is 20.9 Å². The van der Waals surface area contributed by atoms with E-state index in [4.69, 9.17) is 4.74 Å². The predicted octanol–water partition coefficient (Wildman–Crippen LogP) is 1.20. The van der Waals surface area contributed by atoms with Crippen LogP contribution in [0.15, 0.2) is 23.0 Å². The molecule has 0 aliphatic carbocycles. The molecule has 10 nitrogen and oxygen atoms in total. The Labute approximate surface area is 222 Å². The van der Waals surface area contributed by atoms with Crippen molar-refractivity contribution < 1.29 is 29.0 Å². The molecule has 1 fully saturated rings. The molecule has 1 aromatic heterocycles. The number of amides is 3. The fourth-order valence-electron chi connectivity index (χ4n) is 3.82. The van der Waals surface area contributed by atoms with Crippen molar-refractivity contribution in [3.63, 3.8) is 0 Å². The fraction of sp³-hybridized carbons (Fsp3) is 0.609. The van der Waals surface area contributed by atoms with Crippen LogP contribution in [0.25, 0.3) is 0 Å². The fourth-order valence-corrected chi connectivity index (χ4v) is 6.55. The van der Waals surface area contributed by atoms with Crippen LogP contribution in [0, 0.1) is 5.92 Å². The number of rotatable bonds is 3. The van der Waals surface area contributed by atoms with Crippen LogP contribution in [0.2, 0.25) is 0 Å². The second-order valence-corrected chi connectivity index (χ2v) is 12.3. The maximum atomic E-state index is 13.3. The smallest absolute Gasteiger partial charge is 0.309 e. The summed E-state index contributed by atoms with van der Waals surface area (Å²) < 4.78 is 5.52. The van der Waals surface area contributed by atoms with E-state index in [0.29, 0.717) is 12.1 Å². The molecule has 0 saturated carbocycles. The third-order valence-corrected chi connectivity index (χ3v) is 8.79. The number of carbonyl (C=O) groups is 4. The molecule has 13 heteroatoms. The maximum absolute atomic E-state index is 13.3. The van der Waals surface area contributed by atoms with Gasteiger partial charge in [-0.25, -0.2) is 4.98 Å². The lowest BCUT2D eigenvalue weighted by atomic mass is 9.96. The van der Waals surface area contributed by atoms with Gasteiger partial charge in [0.15, 0.2) is 0 Å². The van der Waals surface area contributed by atoms with Gasteiger partial charge in [-0.3, -0.25) is 19.2 Å². The van der Waals surface area contributed by atoms with E-state index in [1.54, 1.807) is 27.8 Å². The highest BCUT2D eigenvalue weighted by Crippen LogP contribution is 2.24. The summed E-state index contributed by atoms with van der Waals surface area (Å²) in [5.74, 6) is -1.32. The molecule has 3 rings (SSSR count). The minimum Gasteiger partial charge on any atom is -0.457 e. The van der Waals surface area contributed by atoms with E-state index in [1.807, 2.05) is 19.9 Å². The van der Waals surface area contributed by atoms with Gasteiger partial charge in [0, 0.05) is 23.3 Å². The number of aliphatic hydroxyl groups excluding tert-OH is 1. The number of nitrogens with one attached hydrogen (secondary N) is 3. The van der Waals surface area contributed by atoms with Crippen LogP contribution in [0.4, 0.5) is 0 Å². The van der Waals surface area contributed by atoms with Crippen LogP contribution in [-0.4, -0.2) is 75.6 Å². The average Bonchev–Trinajstić information content (AvgIpc) is 3.31. The van der Waals surface area contributed by atoms with Gasteiger partial charge in [-0.15, -0.1) is 11.3 Å². The summed E-state index contributed by atoms with van der Waals surface area (Å²) in [6.07, 6.45) is 1.73. The Morgan fingerprint density at radius 2 is 1.92 bits per heavy atom. The number of allylic oxidation sites excluding steroid dienone is 1. The number of aromatic nitrogens is 1. The van der Waals surface area contributed by atoms with E-state index in [9.17, 15) is 24.3 Å². The number of fused-ring (bicyclic) bond motifs is 7. The van der Waals surface area contributed by atoms with Gasteiger partial charge in [-0.05, 0) is 18.4 Å². The SMILES string of the molecule is CC(C)[C@H]1NC(=O)[C@@H]2CSSCC/C=C/[C@H](CC(=O)N[C@H](Cc3cscn3)C(=O)N2)OC(=O)C[C@@H]1O. The topological polar surface area (TPSA) is 147 Å². The number of hydrogen-bond acceptors (Lipinski definition) is 10. The first-order valence-electron chi connectivity index (χ1n) is 11.8. The summed E-state index contributed by atoms with van der Waals surface area (Å²) in [6.45, 7) is 3.64. The summed E-state index contributed by atoms with van der Waals surface area (Å²) in [4.78, 5) is 56.4. The molecular weight excluding hydrogens is 524 g/mol. The number of thiazole rings is 1. The molecular formula is C23H32N4O6S3. The number of carbonyl (C=O) groups excluding carboxylic acids is 4. The predicted molar refractivity (Wildman–Crippen MR) is 140 cm³/mol. The molecule has 4 N–H and O–H groups in total. The zero-order chi connectivity index (χ0) is 26.1. The zero-order valence-corrected chi connectivity index (χ0v) is 22.6. The summed E-state index contributed by atoms with van der Waals surface area (Å²) in [7, 11) is 3.01. The highest BCUT2D eigenvalue weighted by atomic mass is 33.1. The lowest BCUT2D eigenvalue weighted by Gasteiger charge is -2.29. The van der Waals surface area contributed by atoms with Crippen LogP contribution < -0.4 is 16.0 Å². The number of aliphatic hydroxyl groups is 1. The van der Waals surface area contributed by atoms with Crippen molar-refractivity contribution in [1.29, 1.82) is 0 Å². The van der Waals surface area contributed by atoms with Gasteiger partial charge in [0.1, 0.15) is 18.2 Å². The molecule has 3 amide bonds. The molecule has 198 valence electrons. The number of ether oxygens (including phenoxy) is 1. The third kappa shape index (κ3) is 8.79. The van der Waals surface area contributed by atoms with Crippen molar-refractivity contribution in [2.24, 2.45) is 5.92 Å². The highest BCUT2D eigenvalue weighted by molar-refractivity contribution is 8.76. The summed E-state index contributed by atoms with van der Waals surface area (Å²) in [5.41, 5.74) is 2.27. The standard InChI is InChI=1S/C23H32N4O6S3/c1-13(2)21-18(28)9-20(30)33-15-5-3-4-6-35-36-11-17(23(32)27-21)26-22(31)16(25-19(29)8-15)7-14-10-34-12-24-14/h3,5,10,12-13,15-18,21,28H,4,6-9,11H2,1-2H3,(H,25,29)(H,26,31)(H,27,32)/b5-3+/t15-,16-,17+,18+,21-/m1/s1. The first-order valence-corrected chi connectivity index (χ1v) is 15.2. The van der Waals surface area contributed by atoms with Gasteiger partial charge in [0.05, 0.1) is 36.2 Å². The molecule has 1 aromatic rings. The summed E-state index contributed by atoms with van der Waals surface area (Å²) in [6, 6.07) is -2.63. The third-order valence-electron chi connectivity index (χ3n) is 5.70. The molecule has 0 radical (unpaired) electrons. The van der Waals surface area contributed by atoms with E-state index in [-0.39, 0.29) is 30.9 Å². The first-order chi connectivity index (χ1) is 17.2. The van der Waals surface area contributed by atoms with E-state index in [1.165, 1.54) is 22.1 Å². The van der Waals surface area contributed by atoms with Crippen molar-refractivity contribution in [3.05, 3.63) is 28.7 Å². The molecule has 1 saturated heterocycles. The van der Waals surface area contributed by atoms with Gasteiger partial charge < -0.3 is 25.8 Å². The van der Waals surface area contributed by atoms with Gasteiger partial charge >= 0.3 is 5.97 Å². The summed E-state index contributed by atoms with van der Waals surface area (Å²) >= 11 is 1.37. The van der Waals surface area contributed by atoms with E-state index >= 15 is 0 Å². The van der Waals surface area contributed by atoms with Crippen molar-refractivity contribution in [2.45, 2.75) is 69.9 Å². The highest BCUT2D eigenvalue weighted by Gasteiger charge is 2.33. The molecule has 0 unspecified atom stereocenters. The van der Waals surface area contributed by atoms with Crippen LogP contribution in [0.1, 0.15) is 38.8 Å². The van der Waals surface area contributed by atoms with Gasteiger partial charge in [-0.2, -0.15) is 0 Å². The molecule has 5 atom stereocenters. The quantitative estimate of drug-likeness (QED) is 0.245. The molecule has 0 aromatic carbocycles. The Balaban J connectivity index is 1.98. The van der Waals surface area contributed by atoms with Crippen molar-refractivity contribution >= 4 is 56.6 Å². The van der Waals surface area contributed by atoms with E-state index in [2.05, 4.69) is 20.9 Å². The Morgan fingerprint density at radius 3 is 2.64 bits per heavy atom. The second-order valence-electron chi connectivity index (χ2n) is 8.97. The van der Waals surface area contributed by atoms with E-state index < -0.39 is 54.0 Å². The van der Waals surface area contributed by atoms with Crippen LogP contribution in [0.5, 0.6) is 0 Å². The van der Waals surface area contributed by atoms with Gasteiger partial charge in [0.25, 0.3) is 0 Å². The Hall–Kier alpha value is -2.09. The second kappa shape index (κ2) is 14.0. The first kappa shape index (κ1) is 28.5. The number of hydrogen-bond donors (Lipinski definition) is 4. The Morgan fingerprint density at radius 1 is 1.11 bits per heavy atom. The lowest BCUT2D eigenvalue weighted by Crippen LogP contribution is -2.58. The maximum Gasteiger partial charge on any atom is 0.309 e. The molecule has 2 aliphatic rings. The summed E-state index contributed by atoms with van der Waals surface area (Å²) in [5, 5.41) is 20.9. The number of esters is 1. The van der Waals surface area contributed by atoms with E-state index in [0.717, 1.165) is 5.75 Å². The number of nitrogens with zero attached hydrogens (tertiary/aromatic N) is 1. The Kier molecular flexibility index (Phi) is 11.1. The zero-order valence-electron chi connectivity index (χ0n) is 20.2. The molecule has 2 aliphatic heterocycles.